The van der Waals surface area contributed by atoms with Crippen LogP contribution in [0.1, 0.15) is 6.42 Å². The van der Waals surface area contributed by atoms with E-state index >= 15 is 0 Å². The van der Waals surface area contributed by atoms with Crippen LogP contribution in [0.25, 0.3) is 28.2 Å². The molecule has 5 aromatic rings. The highest BCUT2D eigenvalue weighted by Crippen LogP contribution is 2.38. The molecular formula is C31H27BrN4OS. The van der Waals surface area contributed by atoms with Gasteiger partial charge in [-0.15, -0.1) is 0 Å². The SMILES string of the molecule is O=C(NCCCSc1nc(-c2ccccc2)c(-c2ccccc2)n1-c1ccccc1)Nc1cccc(Br)c1. The number of hydrogen-bond acceptors (Lipinski definition) is 3. The fraction of sp³-hybridized carbons (Fsp3) is 0.0968. The second-order valence-corrected chi connectivity index (χ2v) is 10.6. The van der Waals surface area contributed by atoms with Crippen LogP contribution >= 0.6 is 27.7 Å². The Morgan fingerprint density at radius 2 is 1.47 bits per heavy atom. The second-order valence-electron chi connectivity index (χ2n) is 8.59. The second kappa shape index (κ2) is 12.6. The zero-order valence-corrected chi connectivity index (χ0v) is 23.1. The highest BCUT2D eigenvalue weighted by Gasteiger charge is 2.21. The number of amides is 2. The van der Waals surface area contributed by atoms with Gasteiger partial charge < -0.3 is 10.6 Å². The summed E-state index contributed by atoms with van der Waals surface area (Å²) in [6, 6.07) is 38.4. The molecule has 0 saturated heterocycles. The zero-order chi connectivity index (χ0) is 26.2. The molecule has 0 atom stereocenters. The van der Waals surface area contributed by atoms with Gasteiger partial charge in [-0.05, 0) is 36.8 Å². The Bertz CT molecular complexity index is 1490. The Labute approximate surface area is 235 Å². The minimum Gasteiger partial charge on any atom is -0.338 e. The first-order chi connectivity index (χ1) is 18.7. The normalized spacial score (nSPS) is 10.8. The minimum atomic E-state index is -0.211. The van der Waals surface area contributed by atoms with Crippen molar-refractivity contribution in [3.63, 3.8) is 0 Å². The number of halogens is 1. The molecule has 0 saturated carbocycles. The highest BCUT2D eigenvalue weighted by molar-refractivity contribution is 9.10. The van der Waals surface area contributed by atoms with E-state index in [9.17, 15) is 4.79 Å². The Balaban J connectivity index is 1.36. The van der Waals surface area contributed by atoms with Gasteiger partial charge in [-0.2, -0.15) is 0 Å². The van der Waals surface area contributed by atoms with Gasteiger partial charge in [0.25, 0.3) is 0 Å². The van der Waals surface area contributed by atoms with Crippen LogP contribution in [0.4, 0.5) is 10.5 Å². The first kappa shape index (κ1) is 25.8. The van der Waals surface area contributed by atoms with Crippen LogP contribution in [-0.2, 0) is 0 Å². The molecule has 5 rings (SSSR count). The fourth-order valence-electron chi connectivity index (χ4n) is 4.15. The van der Waals surface area contributed by atoms with E-state index < -0.39 is 0 Å². The van der Waals surface area contributed by atoms with E-state index in [1.807, 2.05) is 54.6 Å². The molecule has 0 spiro atoms. The molecule has 0 fully saturated rings. The van der Waals surface area contributed by atoms with E-state index in [0.29, 0.717) is 6.54 Å². The number of benzene rings is 4. The molecule has 1 heterocycles. The number of imidazole rings is 1. The maximum Gasteiger partial charge on any atom is 0.319 e. The summed E-state index contributed by atoms with van der Waals surface area (Å²) < 4.78 is 3.17. The van der Waals surface area contributed by atoms with E-state index in [1.165, 1.54) is 0 Å². The van der Waals surface area contributed by atoms with E-state index in [0.717, 1.165) is 55.7 Å². The molecule has 0 aliphatic rings. The number of para-hydroxylation sites is 1. The number of anilines is 1. The van der Waals surface area contributed by atoms with Crippen LogP contribution in [0, 0.1) is 0 Å². The van der Waals surface area contributed by atoms with Crippen molar-refractivity contribution >= 4 is 39.4 Å². The number of rotatable bonds is 9. The van der Waals surface area contributed by atoms with Crippen LogP contribution in [0.2, 0.25) is 0 Å². The number of nitrogens with one attached hydrogen (secondary N) is 2. The average molecular weight is 584 g/mol. The first-order valence-electron chi connectivity index (χ1n) is 12.4. The van der Waals surface area contributed by atoms with Crippen LogP contribution in [-0.4, -0.2) is 27.9 Å². The summed E-state index contributed by atoms with van der Waals surface area (Å²) in [5, 5.41) is 6.73. The zero-order valence-electron chi connectivity index (χ0n) is 20.7. The molecule has 0 bridgehead atoms. The molecule has 38 heavy (non-hydrogen) atoms. The van der Waals surface area contributed by atoms with E-state index in [4.69, 9.17) is 4.98 Å². The van der Waals surface area contributed by atoms with Gasteiger partial charge in [0, 0.05) is 39.3 Å². The molecule has 4 aromatic carbocycles. The summed E-state index contributed by atoms with van der Waals surface area (Å²) in [5.41, 5.74) is 6.02. The maximum atomic E-state index is 12.3. The third-order valence-corrected chi connectivity index (χ3v) is 7.39. The van der Waals surface area contributed by atoms with Crippen molar-refractivity contribution in [2.45, 2.75) is 11.6 Å². The average Bonchev–Trinajstić information content (AvgIpc) is 3.34. The molecule has 1 aromatic heterocycles. The number of thioether (sulfide) groups is 1. The molecule has 2 N–H and O–H groups in total. The van der Waals surface area contributed by atoms with Crippen molar-refractivity contribution in [3.8, 4) is 28.2 Å². The molecular weight excluding hydrogens is 556 g/mol. The van der Waals surface area contributed by atoms with Crippen LogP contribution in [0.5, 0.6) is 0 Å². The summed E-state index contributed by atoms with van der Waals surface area (Å²) in [6.07, 6.45) is 0.805. The Hall–Kier alpha value is -3.81. The molecule has 0 radical (unpaired) electrons. The molecule has 0 unspecified atom stereocenters. The molecule has 0 aliphatic heterocycles. The predicted molar refractivity (Wildman–Crippen MR) is 161 cm³/mol. The molecule has 0 aliphatic carbocycles. The molecule has 7 heteroatoms. The van der Waals surface area contributed by atoms with Gasteiger partial charge in [0.1, 0.15) is 0 Å². The van der Waals surface area contributed by atoms with Crippen molar-refractivity contribution in [2.75, 3.05) is 17.6 Å². The van der Waals surface area contributed by atoms with Gasteiger partial charge in [0.05, 0.1) is 11.4 Å². The number of carbonyl (C=O) groups excluding carboxylic acids is 1. The number of carbonyl (C=O) groups is 1. The van der Waals surface area contributed by atoms with Crippen molar-refractivity contribution in [2.24, 2.45) is 0 Å². The maximum absolute atomic E-state index is 12.3. The van der Waals surface area contributed by atoms with E-state index in [1.54, 1.807) is 11.8 Å². The lowest BCUT2D eigenvalue weighted by atomic mass is 10.0. The third kappa shape index (κ3) is 6.36. The van der Waals surface area contributed by atoms with Gasteiger partial charge in [0.2, 0.25) is 0 Å². The first-order valence-corrected chi connectivity index (χ1v) is 14.2. The standard InChI is InChI=1S/C31H27BrN4OS/c32-25-16-10-17-26(22-25)34-30(37)33-20-11-21-38-31-35-28(23-12-4-1-5-13-23)29(24-14-6-2-7-15-24)36(31)27-18-8-3-9-19-27/h1-10,12-19,22H,11,20-21H2,(H2,33,34,37). The number of nitrogens with zero attached hydrogens (tertiary/aromatic N) is 2. The number of aromatic nitrogens is 2. The fourth-order valence-corrected chi connectivity index (χ4v) is 5.50. The lowest BCUT2D eigenvalue weighted by Crippen LogP contribution is -2.29. The molecule has 190 valence electrons. The summed E-state index contributed by atoms with van der Waals surface area (Å²) >= 11 is 5.12. The highest BCUT2D eigenvalue weighted by atomic mass is 79.9. The van der Waals surface area contributed by atoms with Crippen LogP contribution in [0.3, 0.4) is 0 Å². The van der Waals surface area contributed by atoms with Gasteiger partial charge in [-0.3, -0.25) is 4.57 Å². The Kier molecular flexibility index (Phi) is 8.58. The largest absolute Gasteiger partial charge is 0.338 e. The van der Waals surface area contributed by atoms with Crippen LogP contribution < -0.4 is 10.6 Å². The van der Waals surface area contributed by atoms with Crippen LogP contribution in [0.15, 0.2) is 125 Å². The van der Waals surface area contributed by atoms with E-state index in [-0.39, 0.29) is 6.03 Å². The van der Waals surface area contributed by atoms with Gasteiger partial charge >= 0.3 is 6.03 Å². The van der Waals surface area contributed by atoms with Gasteiger partial charge in [-0.1, -0.05) is 113 Å². The molecule has 5 nitrogen and oxygen atoms in total. The smallest absolute Gasteiger partial charge is 0.319 e. The number of urea groups is 1. The third-order valence-electron chi connectivity index (χ3n) is 5.88. The lowest BCUT2D eigenvalue weighted by molar-refractivity contribution is 0.252. The van der Waals surface area contributed by atoms with Crippen molar-refractivity contribution in [1.29, 1.82) is 0 Å². The van der Waals surface area contributed by atoms with Crippen molar-refractivity contribution < 1.29 is 4.79 Å². The summed E-state index contributed by atoms with van der Waals surface area (Å²) in [7, 11) is 0. The Morgan fingerprint density at radius 3 is 2.16 bits per heavy atom. The summed E-state index contributed by atoms with van der Waals surface area (Å²) in [6.45, 7) is 0.565. The Morgan fingerprint density at radius 1 is 0.816 bits per heavy atom. The summed E-state index contributed by atoms with van der Waals surface area (Å²) in [4.78, 5) is 17.4. The predicted octanol–water partition coefficient (Wildman–Crippen LogP) is 8.27. The van der Waals surface area contributed by atoms with Crippen molar-refractivity contribution in [3.05, 3.63) is 120 Å². The van der Waals surface area contributed by atoms with E-state index in [2.05, 4.69) is 91.8 Å². The topological polar surface area (TPSA) is 59.0 Å². The van der Waals surface area contributed by atoms with Gasteiger partial charge in [-0.25, -0.2) is 9.78 Å². The van der Waals surface area contributed by atoms with Crippen molar-refractivity contribution in [1.82, 2.24) is 14.9 Å². The van der Waals surface area contributed by atoms with Gasteiger partial charge in [0.15, 0.2) is 5.16 Å². The molecule has 2 amide bonds. The minimum absolute atomic E-state index is 0.211. The summed E-state index contributed by atoms with van der Waals surface area (Å²) in [5.74, 6) is 0.809. The quantitative estimate of drug-likeness (QED) is 0.136. The number of hydrogen-bond donors (Lipinski definition) is 2. The monoisotopic (exact) mass is 582 g/mol. The lowest BCUT2D eigenvalue weighted by Gasteiger charge is -2.13.